The molecule has 148 valence electrons. The normalized spacial score (nSPS) is 22.9. The Balaban J connectivity index is 1.94. The zero-order valence-corrected chi connectivity index (χ0v) is 16.7. The Morgan fingerprint density at radius 2 is 2.07 bits per heavy atom. The van der Waals surface area contributed by atoms with Gasteiger partial charge in [-0.05, 0) is 12.5 Å². The summed E-state index contributed by atoms with van der Waals surface area (Å²) >= 11 is 1.91. The fraction of sp³-hybridized carbons (Fsp3) is 0.421. The van der Waals surface area contributed by atoms with Gasteiger partial charge in [0.25, 0.3) is 5.91 Å². The van der Waals surface area contributed by atoms with E-state index in [0.29, 0.717) is 11.2 Å². The van der Waals surface area contributed by atoms with Gasteiger partial charge in [0.1, 0.15) is 22.7 Å². The van der Waals surface area contributed by atoms with Crippen molar-refractivity contribution in [2.45, 2.75) is 20.0 Å². The molecule has 0 spiro atoms. The number of allylic oxidation sites excluding steroid dienone is 2. The highest BCUT2D eigenvalue weighted by Gasteiger charge is 2.30. The van der Waals surface area contributed by atoms with Gasteiger partial charge in [-0.3, -0.25) is 9.36 Å². The maximum atomic E-state index is 12.2. The molecule has 9 heteroatoms. The molecule has 3 heterocycles. The lowest BCUT2D eigenvalue weighted by atomic mass is 9.91. The van der Waals surface area contributed by atoms with Crippen LogP contribution in [0, 0.1) is 5.92 Å². The number of fused-ring (bicyclic) bond motifs is 1. The van der Waals surface area contributed by atoms with Crippen LogP contribution < -0.4 is 16.4 Å². The van der Waals surface area contributed by atoms with Crippen molar-refractivity contribution in [3.05, 3.63) is 29.5 Å². The van der Waals surface area contributed by atoms with Gasteiger partial charge in [-0.15, -0.1) is 0 Å². The summed E-state index contributed by atoms with van der Waals surface area (Å²) in [5.74, 6) is 2.12. The number of thioether (sulfide) groups is 1. The summed E-state index contributed by atoms with van der Waals surface area (Å²) in [5, 5.41) is 10.3. The molecule has 2 atom stereocenters. The summed E-state index contributed by atoms with van der Waals surface area (Å²) in [5.41, 5.74) is 14.8. The molecule has 5 N–H and O–H groups in total. The molecule has 2 aromatic rings. The molecule has 2 aliphatic rings. The van der Waals surface area contributed by atoms with Crippen molar-refractivity contribution < 1.29 is 9.90 Å². The summed E-state index contributed by atoms with van der Waals surface area (Å²) in [6.07, 6.45) is 4.67. The van der Waals surface area contributed by atoms with E-state index in [4.69, 9.17) is 16.5 Å². The van der Waals surface area contributed by atoms with E-state index in [-0.39, 0.29) is 17.3 Å². The number of primary amides is 1. The van der Waals surface area contributed by atoms with E-state index in [2.05, 4.69) is 9.88 Å². The fourth-order valence-corrected chi connectivity index (χ4v) is 4.78. The number of amides is 1. The predicted molar refractivity (Wildman–Crippen MR) is 113 cm³/mol. The molecule has 8 nitrogen and oxygen atoms in total. The summed E-state index contributed by atoms with van der Waals surface area (Å²) in [4.78, 5) is 23.7. The van der Waals surface area contributed by atoms with Crippen molar-refractivity contribution in [2.24, 2.45) is 11.7 Å². The highest BCUT2D eigenvalue weighted by Crippen LogP contribution is 2.37. The van der Waals surface area contributed by atoms with Gasteiger partial charge in [0.2, 0.25) is 0 Å². The van der Waals surface area contributed by atoms with E-state index in [1.54, 1.807) is 16.8 Å². The second-order valence-electron chi connectivity index (χ2n) is 7.17. The van der Waals surface area contributed by atoms with Gasteiger partial charge in [0.15, 0.2) is 5.65 Å². The smallest absolute Gasteiger partial charge is 0.254 e. The van der Waals surface area contributed by atoms with Crippen LogP contribution in [0.3, 0.4) is 0 Å². The molecule has 1 aliphatic carbocycles. The minimum absolute atomic E-state index is 0.173. The third-order valence-electron chi connectivity index (χ3n) is 5.40. The summed E-state index contributed by atoms with van der Waals surface area (Å²) < 4.78 is 1.71. The number of rotatable bonds is 3. The van der Waals surface area contributed by atoms with Gasteiger partial charge in [-0.25, -0.2) is 9.97 Å². The predicted octanol–water partition coefficient (Wildman–Crippen LogP) is 1.46. The number of carbonyl (C=O) groups excluding carboxylic acids is 1. The molecule has 1 fully saturated rings. The molecule has 1 amide bonds. The molecule has 0 radical (unpaired) electrons. The number of nitrogens with zero attached hydrogens (tertiary/aromatic N) is 4. The van der Waals surface area contributed by atoms with Gasteiger partial charge in [-0.2, -0.15) is 11.8 Å². The second kappa shape index (κ2) is 7.14. The first-order valence-corrected chi connectivity index (χ1v) is 10.4. The van der Waals surface area contributed by atoms with Crippen molar-refractivity contribution in [1.29, 1.82) is 0 Å². The molecule has 0 unspecified atom stereocenters. The number of anilines is 2. The molecule has 0 saturated carbocycles. The van der Waals surface area contributed by atoms with Gasteiger partial charge in [0.05, 0.1) is 12.3 Å². The number of nitrogen functional groups attached to an aromatic ring is 1. The van der Waals surface area contributed by atoms with Crippen molar-refractivity contribution in [3.8, 4) is 0 Å². The molecule has 28 heavy (non-hydrogen) atoms. The molecule has 0 bridgehead atoms. The molecule has 1 saturated heterocycles. The highest BCUT2D eigenvalue weighted by atomic mass is 32.2. The van der Waals surface area contributed by atoms with Crippen molar-refractivity contribution in [3.63, 3.8) is 0 Å². The molecule has 4 rings (SSSR count). The van der Waals surface area contributed by atoms with Crippen molar-refractivity contribution in [1.82, 2.24) is 14.5 Å². The summed E-state index contributed by atoms with van der Waals surface area (Å²) in [6, 6.07) is 0. The number of aromatic nitrogens is 3. The summed E-state index contributed by atoms with van der Waals surface area (Å²) in [7, 11) is 0. The number of hydrogen-bond acceptors (Lipinski definition) is 7. The first-order valence-electron chi connectivity index (χ1n) is 9.27. The van der Waals surface area contributed by atoms with Crippen LogP contribution in [0.5, 0.6) is 0 Å². The molecule has 0 aromatic carbocycles. The van der Waals surface area contributed by atoms with Crippen molar-refractivity contribution >= 4 is 46.2 Å². The zero-order chi connectivity index (χ0) is 20.0. The quantitative estimate of drug-likeness (QED) is 0.713. The lowest BCUT2D eigenvalue weighted by molar-refractivity contribution is 0.100. The van der Waals surface area contributed by atoms with Gasteiger partial charge in [0, 0.05) is 36.2 Å². The topological polar surface area (TPSA) is 123 Å². The van der Waals surface area contributed by atoms with Crippen LogP contribution in [-0.4, -0.2) is 56.2 Å². The van der Waals surface area contributed by atoms with E-state index in [1.807, 2.05) is 31.7 Å². The number of nitrogens with two attached hydrogens (primary N) is 2. The van der Waals surface area contributed by atoms with Crippen LogP contribution in [0.2, 0.25) is 0 Å². The Morgan fingerprint density at radius 1 is 1.36 bits per heavy atom. The van der Waals surface area contributed by atoms with Gasteiger partial charge >= 0.3 is 0 Å². The monoisotopic (exact) mass is 400 g/mol. The van der Waals surface area contributed by atoms with Gasteiger partial charge < -0.3 is 21.5 Å². The van der Waals surface area contributed by atoms with Crippen LogP contribution in [0.1, 0.15) is 24.2 Å². The highest BCUT2D eigenvalue weighted by molar-refractivity contribution is 7.99. The largest absolute Gasteiger partial charge is 0.388 e. The zero-order valence-electron chi connectivity index (χ0n) is 15.9. The van der Waals surface area contributed by atoms with Crippen LogP contribution in [0.15, 0.2) is 23.9 Å². The SMILES string of the molecule is CC1=C(n2c(N)c(C(N)=O)c3nc(N4CCSCC4)cnc32)[C@@H](C)[C@H](O)C=C1. The second-order valence-corrected chi connectivity index (χ2v) is 8.39. The Labute approximate surface area is 167 Å². The first-order chi connectivity index (χ1) is 13.4. The minimum Gasteiger partial charge on any atom is -0.388 e. The van der Waals surface area contributed by atoms with Crippen LogP contribution in [-0.2, 0) is 0 Å². The number of carbonyl (C=O) groups is 1. The maximum absolute atomic E-state index is 12.2. The first kappa shape index (κ1) is 18.8. The fourth-order valence-electron chi connectivity index (χ4n) is 3.88. The molecular weight excluding hydrogens is 376 g/mol. The molecule has 1 aliphatic heterocycles. The Morgan fingerprint density at radius 3 is 2.75 bits per heavy atom. The summed E-state index contributed by atoms with van der Waals surface area (Å²) in [6.45, 7) is 5.61. The lowest BCUT2D eigenvalue weighted by Gasteiger charge is -2.28. The molecule has 2 aromatic heterocycles. The number of aliphatic hydroxyl groups is 1. The number of hydrogen-bond donors (Lipinski definition) is 3. The lowest BCUT2D eigenvalue weighted by Crippen LogP contribution is -2.33. The Bertz CT molecular complexity index is 1010. The third kappa shape index (κ3) is 2.94. The van der Waals surface area contributed by atoms with E-state index >= 15 is 0 Å². The Hall–Kier alpha value is -2.52. The van der Waals surface area contributed by atoms with Crippen LogP contribution in [0.4, 0.5) is 11.6 Å². The number of aliphatic hydroxyl groups excluding tert-OH is 1. The van der Waals surface area contributed by atoms with Crippen LogP contribution >= 0.6 is 11.8 Å². The van der Waals surface area contributed by atoms with E-state index in [1.165, 1.54) is 0 Å². The Kier molecular flexibility index (Phi) is 4.80. The van der Waals surface area contributed by atoms with Crippen molar-refractivity contribution in [2.75, 3.05) is 35.2 Å². The maximum Gasteiger partial charge on any atom is 0.254 e. The third-order valence-corrected chi connectivity index (χ3v) is 6.34. The minimum atomic E-state index is -0.648. The van der Waals surface area contributed by atoms with E-state index < -0.39 is 12.0 Å². The molecular formula is C19H24N6O2S. The van der Waals surface area contributed by atoms with E-state index in [9.17, 15) is 9.90 Å². The standard InChI is InChI=1S/C19H24N6O2S/c1-10-3-4-12(26)11(2)16(10)25-17(20)14(18(21)27)15-19(25)22-9-13(23-15)24-5-7-28-8-6-24/h3-4,9,11-12,26H,5-8,20H2,1-2H3,(H2,21,27)/t11-,12+/m0/s1. The van der Waals surface area contributed by atoms with Crippen LogP contribution in [0.25, 0.3) is 16.9 Å². The van der Waals surface area contributed by atoms with E-state index in [0.717, 1.165) is 41.7 Å². The average molecular weight is 401 g/mol. The van der Waals surface area contributed by atoms with Gasteiger partial charge in [-0.1, -0.05) is 19.1 Å². The average Bonchev–Trinajstić information content (AvgIpc) is 2.97.